The molecule has 3 rings (SSSR count). The molecule has 5 nitrogen and oxygen atoms in total. The summed E-state index contributed by atoms with van der Waals surface area (Å²) < 4.78 is 15.2. The van der Waals surface area contributed by atoms with Crippen LogP contribution >= 0.6 is 11.8 Å². The van der Waals surface area contributed by atoms with E-state index in [0.29, 0.717) is 30.6 Å². The molecular formula is C23H25FN4OS. The van der Waals surface area contributed by atoms with E-state index in [4.69, 9.17) is 0 Å². The van der Waals surface area contributed by atoms with E-state index in [1.807, 2.05) is 53.6 Å². The van der Waals surface area contributed by atoms with Crippen LogP contribution in [0.4, 0.5) is 4.39 Å². The molecule has 0 radical (unpaired) electrons. The number of halogens is 1. The molecule has 7 heteroatoms. The number of carbonyl (C=O) groups is 1. The van der Waals surface area contributed by atoms with Gasteiger partial charge in [0.1, 0.15) is 11.1 Å². The van der Waals surface area contributed by atoms with Gasteiger partial charge < -0.3 is 4.90 Å². The zero-order valence-electron chi connectivity index (χ0n) is 17.2. The SMILES string of the molecule is C=CCn1c(S[C@H](C(=O)N(CC)CC)c2ccccc2)nnc1-c1ccc(F)cc1. The van der Waals surface area contributed by atoms with Crippen molar-refractivity contribution in [2.24, 2.45) is 0 Å². The number of carbonyl (C=O) groups excluding carboxylic acids is 1. The Hall–Kier alpha value is -2.93. The molecule has 1 atom stereocenters. The van der Waals surface area contributed by atoms with Crippen molar-refractivity contribution in [2.45, 2.75) is 30.8 Å². The summed E-state index contributed by atoms with van der Waals surface area (Å²) in [5, 5.41) is 8.85. The molecule has 1 heterocycles. The van der Waals surface area contributed by atoms with Crippen LogP contribution in [0.15, 0.2) is 72.4 Å². The van der Waals surface area contributed by atoms with E-state index in [0.717, 1.165) is 11.1 Å². The number of amides is 1. The third-order valence-corrected chi connectivity index (χ3v) is 5.98. The largest absolute Gasteiger partial charge is 0.342 e. The van der Waals surface area contributed by atoms with Crippen LogP contribution in [-0.4, -0.2) is 38.7 Å². The summed E-state index contributed by atoms with van der Waals surface area (Å²) in [7, 11) is 0. The number of allylic oxidation sites excluding steroid dienone is 1. The van der Waals surface area contributed by atoms with E-state index in [9.17, 15) is 9.18 Å². The highest BCUT2D eigenvalue weighted by Gasteiger charge is 2.28. The lowest BCUT2D eigenvalue weighted by Crippen LogP contribution is -2.34. The molecule has 3 aromatic rings. The minimum atomic E-state index is -0.445. The molecule has 0 saturated heterocycles. The predicted molar refractivity (Wildman–Crippen MR) is 119 cm³/mol. The van der Waals surface area contributed by atoms with Gasteiger partial charge in [-0.05, 0) is 43.7 Å². The smallest absolute Gasteiger partial charge is 0.240 e. The molecule has 0 saturated carbocycles. The van der Waals surface area contributed by atoms with Gasteiger partial charge in [0.2, 0.25) is 5.91 Å². The molecule has 30 heavy (non-hydrogen) atoms. The number of nitrogens with zero attached hydrogens (tertiary/aromatic N) is 4. The van der Waals surface area contributed by atoms with Crippen molar-refractivity contribution in [1.82, 2.24) is 19.7 Å². The fourth-order valence-electron chi connectivity index (χ4n) is 3.18. The van der Waals surface area contributed by atoms with E-state index in [-0.39, 0.29) is 11.7 Å². The first-order valence-corrected chi connectivity index (χ1v) is 10.8. The van der Waals surface area contributed by atoms with E-state index in [2.05, 4.69) is 16.8 Å². The highest BCUT2D eigenvalue weighted by atomic mass is 32.2. The lowest BCUT2D eigenvalue weighted by atomic mass is 10.1. The highest BCUT2D eigenvalue weighted by Crippen LogP contribution is 2.37. The van der Waals surface area contributed by atoms with Crippen molar-refractivity contribution in [2.75, 3.05) is 13.1 Å². The van der Waals surface area contributed by atoms with Crippen molar-refractivity contribution < 1.29 is 9.18 Å². The Kier molecular flexibility index (Phi) is 7.41. The number of hydrogen-bond donors (Lipinski definition) is 0. The molecule has 0 bridgehead atoms. The lowest BCUT2D eigenvalue weighted by Gasteiger charge is -2.25. The van der Waals surface area contributed by atoms with Crippen LogP contribution in [0.1, 0.15) is 24.7 Å². The quantitative estimate of drug-likeness (QED) is 0.359. The summed E-state index contributed by atoms with van der Waals surface area (Å²) in [6.45, 7) is 9.53. The number of rotatable bonds is 9. The maximum atomic E-state index is 13.3. The van der Waals surface area contributed by atoms with Crippen LogP contribution in [0.3, 0.4) is 0 Å². The second kappa shape index (κ2) is 10.2. The van der Waals surface area contributed by atoms with Gasteiger partial charge in [-0.2, -0.15) is 0 Å². The van der Waals surface area contributed by atoms with E-state index in [1.54, 1.807) is 18.2 Å². The minimum Gasteiger partial charge on any atom is -0.342 e. The Labute approximate surface area is 180 Å². The van der Waals surface area contributed by atoms with Crippen molar-refractivity contribution in [3.05, 3.63) is 78.6 Å². The second-order valence-electron chi connectivity index (χ2n) is 6.63. The monoisotopic (exact) mass is 424 g/mol. The Morgan fingerprint density at radius 3 is 2.40 bits per heavy atom. The average molecular weight is 425 g/mol. The molecule has 0 aliphatic heterocycles. The highest BCUT2D eigenvalue weighted by molar-refractivity contribution is 8.00. The predicted octanol–water partition coefficient (Wildman–Crippen LogP) is 4.97. The first-order valence-electron chi connectivity index (χ1n) is 9.89. The van der Waals surface area contributed by atoms with Crippen LogP contribution in [0, 0.1) is 5.82 Å². The van der Waals surface area contributed by atoms with Crippen LogP contribution in [0.5, 0.6) is 0 Å². The van der Waals surface area contributed by atoms with Gasteiger partial charge in [-0.1, -0.05) is 48.2 Å². The molecule has 0 unspecified atom stereocenters. The van der Waals surface area contributed by atoms with Crippen LogP contribution in [-0.2, 0) is 11.3 Å². The molecule has 1 aromatic heterocycles. The topological polar surface area (TPSA) is 51.0 Å². The Morgan fingerprint density at radius 1 is 1.13 bits per heavy atom. The molecule has 0 aliphatic rings. The minimum absolute atomic E-state index is 0.0349. The van der Waals surface area contributed by atoms with Gasteiger partial charge in [0, 0.05) is 25.2 Å². The van der Waals surface area contributed by atoms with Crippen molar-refractivity contribution in [3.63, 3.8) is 0 Å². The third kappa shape index (κ3) is 4.79. The fraction of sp³-hybridized carbons (Fsp3) is 0.261. The molecule has 0 spiro atoms. The van der Waals surface area contributed by atoms with Crippen LogP contribution in [0.25, 0.3) is 11.4 Å². The van der Waals surface area contributed by atoms with Gasteiger partial charge in [-0.25, -0.2) is 4.39 Å². The molecule has 0 N–H and O–H groups in total. The molecule has 1 amide bonds. The van der Waals surface area contributed by atoms with Gasteiger partial charge in [0.05, 0.1) is 0 Å². The second-order valence-corrected chi connectivity index (χ2v) is 7.70. The number of aromatic nitrogens is 3. The maximum Gasteiger partial charge on any atom is 0.240 e. The van der Waals surface area contributed by atoms with Crippen molar-refractivity contribution in [3.8, 4) is 11.4 Å². The van der Waals surface area contributed by atoms with E-state index >= 15 is 0 Å². The zero-order valence-corrected chi connectivity index (χ0v) is 18.0. The summed E-state index contributed by atoms with van der Waals surface area (Å²) in [6, 6.07) is 15.8. The molecule has 156 valence electrons. The maximum absolute atomic E-state index is 13.3. The van der Waals surface area contributed by atoms with Gasteiger partial charge >= 0.3 is 0 Å². The van der Waals surface area contributed by atoms with Gasteiger partial charge in [-0.3, -0.25) is 9.36 Å². The summed E-state index contributed by atoms with van der Waals surface area (Å²) in [5.74, 6) is 0.337. The number of benzene rings is 2. The van der Waals surface area contributed by atoms with Gasteiger partial charge in [0.15, 0.2) is 11.0 Å². The summed E-state index contributed by atoms with van der Waals surface area (Å²) in [5.41, 5.74) is 1.67. The zero-order chi connectivity index (χ0) is 21.5. The number of likely N-dealkylation sites (N-methyl/N-ethyl adjacent to an activating group) is 1. The average Bonchev–Trinajstić information content (AvgIpc) is 3.16. The number of hydrogen-bond acceptors (Lipinski definition) is 4. The summed E-state index contributed by atoms with van der Waals surface area (Å²) in [6.07, 6.45) is 1.75. The van der Waals surface area contributed by atoms with Crippen LogP contribution < -0.4 is 0 Å². The van der Waals surface area contributed by atoms with Crippen LogP contribution in [0.2, 0.25) is 0 Å². The molecule has 0 fully saturated rings. The fourth-order valence-corrected chi connectivity index (χ4v) is 4.31. The lowest BCUT2D eigenvalue weighted by molar-refractivity contribution is -0.130. The Morgan fingerprint density at radius 2 is 1.80 bits per heavy atom. The van der Waals surface area contributed by atoms with Gasteiger partial charge in [-0.15, -0.1) is 16.8 Å². The first-order chi connectivity index (χ1) is 14.6. The van der Waals surface area contributed by atoms with Crippen molar-refractivity contribution >= 4 is 17.7 Å². The third-order valence-electron chi connectivity index (χ3n) is 4.76. The Balaban J connectivity index is 2.00. The molecular weight excluding hydrogens is 399 g/mol. The number of thioether (sulfide) groups is 1. The summed E-state index contributed by atoms with van der Waals surface area (Å²) in [4.78, 5) is 15.1. The molecule has 2 aromatic carbocycles. The van der Waals surface area contributed by atoms with Gasteiger partial charge in [0.25, 0.3) is 0 Å². The normalized spacial score (nSPS) is 11.8. The van der Waals surface area contributed by atoms with E-state index < -0.39 is 5.25 Å². The first kappa shape index (κ1) is 21.8. The summed E-state index contributed by atoms with van der Waals surface area (Å²) >= 11 is 1.37. The van der Waals surface area contributed by atoms with Crippen molar-refractivity contribution in [1.29, 1.82) is 0 Å². The standard InChI is InChI=1S/C23H25FN4OS/c1-4-16-28-21(18-12-14-19(24)15-13-18)25-26-23(28)30-20(17-10-8-7-9-11-17)22(29)27(5-2)6-3/h4,7-15,20H,1,5-6,16H2,2-3H3/t20-/m0/s1. The molecule has 0 aliphatic carbocycles. The van der Waals surface area contributed by atoms with E-state index in [1.165, 1.54) is 23.9 Å². The Bertz CT molecular complexity index is 984.